The number of esters is 1. The van der Waals surface area contributed by atoms with E-state index < -0.39 is 12.1 Å². The van der Waals surface area contributed by atoms with Crippen LogP contribution in [0.1, 0.15) is 36.5 Å². The average molecular weight is 369 g/mol. The number of hydrogen-bond donors (Lipinski definition) is 1. The van der Waals surface area contributed by atoms with E-state index in [4.69, 9.17) is 9.47 Å². The molecular weight excluding hydrogens is 342 g/mol. The van der Waals surface area contributed by atoms with Crippen molar-refractivity contribution in [3.05, 3.63) is 59.2 Å². The van der Waals surface area contributed by atoms with Gasteiger partial charge in [-0.05, 0) is 57.4 Å². The van der Waals surface area contributed by atoms with Gasteiger partial charge in [0.2, 0.25) is 0 Å². The van der Waals surface area contributed by atoms with Crippen LogP contribution in [0.25, 0.3) is 0 Å². The number of carbonyl (C=O) groups is 2. The Morgan fingerprint density at radius 3 is 2.30 bits per heavy atom. The molecule has 0 unspecified atom stereocenters. The summed E-state index contributed by atoms with van der Waals surface area (Å²) >= 11 is 0. The van der Waals surface area contributed by atoms with Gasteiger partial charge < -0.3 is 14.8 Å². The van der Waals surface area contributed by atoms with Crippen molar-refractivity contribution in [2.45, 2.75) is 46.6 Å². The summed E-state index contributed by atoms with van der Waals surface area (Å²) in [6.45, 7) is 7.89. The van der Waals surface area contributed by atoms with Gasteiger partial charge in [0.1, 0.15) is 5.75 Å². The molecule has 1 amide bonds. The normalized spacial score (nSPS) is 11.6. The lowest BCUT2D eigenvalue weighted by molar-refractivity contribution is -0.153. The monoisotopic (exact) mass is 369 g/mol. The smallest absolute Gasteiger partial charge is 0.306 e. The van der Waals surface area contributed by atoms with Gasteiger partial charge in [0.25, 0.3) is 5.91 Å². The topological polar surface area (TPSA) is 64.6 Å². The zero-order valence-corrected chi connectivity index (χ0v) is 16.4. The summed E-state index contributed by atoms with van der Waals surface area (Å²) in [4.78, 5) is 24.3. The van der Waals surface area contributed by atoms with Crippen molar-refractivity contribution in [1.82, 2.24) is 0 Å². The lowest BCUT2D eigenvalue weighted by Crippen LogP contribution is -2.30. The molecular formula is C22H27NO4. The highest BCUT2D eigenvalue weighted by Gasteiger charge is 2.19. The molecule has 0 radical (unpaired) electrons. The van der Waals surface area contributed by atoms with Gasteiger partial charge >= 0.3 is 5.97 Å². The molecule has 0 aromatic heterocycles. The Balaban J connectivity index is 1.76. The molecule has 0 aliphatic carbocycles. The molecule has 0 spiro atoms. The van der Waals surface area contributed by atoms with Crippen molar-refractivity contribution in [2.75, 3.05) is 11.9 Å². The minimum atomic E-state index is -0.854. The van der Waals surface area contributed by atoms with Crippen LogP contribution in [0.3, 0.4) is 0 Å². The van der Waals surface area contributed by atoms with Crippen molar-refractivity contribution in [1.29, 1.82) is 0 Å². The fourth-order valence-corrected chi connectivity index (χ4v) is 2.83. The minimum Gasteiger partial charge on any atom is -0.494 e. The maximum absolute atomic E-state index is 12.3. The Morgan fingerprint density at radius 1 is 1.04 bits per heavy atom. The summed E-state index contributed by atoms with van der Waals surface area (Å²) in [5.74, 6) is 0.0213. The van der Waals surface area contributed by atoms with Crippen molar-refractivity contribution >= 4 is 17.6 Å². The lowest BCUT2D eigenvalue weighted by Gasteiger charge is -2.17. The molecule has 0 fully saturated rings. The number of aryl methyl sites for hydroxylation is 3. The van der Waals surface area contributed by atoms with E-state index in [1.54, 1.807) is 6.92 Å². The summed E-state index contributed by atoms with van der Waals surface area (Å²) < 4.78 is 10.8. The molecule has 2 aromatic rings. The number of anilines is 1. The van der Waals surface area contributed by atoms with Crippen molar-refractivity contribution < 1.29 is 19.1 Å². The number of nitrogens with one attached hydrogen (secondary N) is 1. The molecule has 5 heteroatoms. The zero-order valence-electron chi connectivity index (χ0n) is 16.4. The van der Waals surface area contributed by atoms with Crippen LogP contribution in [-0.4, -0.2) is 24.6 Å². The van der Waals surface area contributed by atoms with Crippen molar-refractivity contribution in [2.24, 2.45) is 0 Å². The lowest BCUT2D eigenvalue weighted by atomic mass is 10.0. The Hall–Kier alpha value is -2.82. The molecule has 1 atom stereocenters. The second-order valence-corrected chi connectivity index (χ2v) is 6.66. The Morgan fingerprint density at radius 2 is 1.67 bits per heavy atom. The second-order valence-electron chi connectivity index (χ2n) is 6.66. The summed E-state index contributed by atoms with van der Waals surface area (Å²) in [5, 5.41) is 2.86. The first-order valence-electron chi connectivity index (χ1n) is 9.13. The maximum atomic E-state index is 12.3. The Labute approximate surface area is 160 Å². The van der Waals surface area contributed by atoms with Gasteiger partial charge in [0, 0.05) is 12.1 Å². The summed E-state index contributed by atoms with van der Waals surface area (Å²) in [6, 6.07) is 13.4. The predicted octanol–water partition coefficient (Wildman–Crippen LogP) is 4.34. The van der Waals surface area contributed by atoms with Crippen molar-refractivity contribution in [3.63, 3.8) is 0 Å². The van der Waals surface area contributed by atoms with Gasteiger partial charge in [0.05, 0.1) is 6.61 Å². The summed E-state index contributed by atoms with van der Waals surface area (Å²) in [5.41, 5.74) is 3.87. The number of rotatable bonds is 8. The Kier molecular flexibility index (Phi) is 7.41. The van der Waals surface area contributed by atoms with E-state index in [2.05, 4.69) is 5.32 Å². The van der Waals surface area contributed by atoms with Crippen LogP contribution in [0.4, 0.5) is 5.69 Å². The molecule has 0 aliphatic rings. The fourth-order valence-electron chi connectivity index (χ4n) is 2.83. The maximum Gasteiger partial charge on any atom is 0.306 e. The zero-order chi connectivity index (χ0) is 19.8. The van der Waals surface area contributed by atoms with E-state index in [9.17, 15) is 9.59 Å². The molecule has 2 rings (SSSR count). The number of hydrogen-bond acceptors (Lipinski definition) is 4. The summed E-state index contributed by atoms with van der Waals surface area (Å²) in [6.07, 6.45) is -0.127. The highest BCUT2D eigenvalue weighted by Crippen LogP contribution is 2.22. The third kappa shape index (κ3) is 6.44. The Bertz CT molecular complexity index is 763. The number of amides is 1. The highest BCUT2D eigenvalue weighted by molar-refractivity contribution is 5.96. The van der Waals surface area contributed by atoms with Crippen LogP contribution in [0.15, 0.2) is 42.5 Å². The molecule has 2 aromatic carbocycles. The molecule has 144 valence electrons. The number of ether oxygens (including phenoxy) is 2. The van der Waals surface area contributed by atoms with Crippen LogP contribution >= 0.6 is 0 Å². The molecule has 0 saturated heterocycles. The first-order valence-corrected chi connectivity index (χ1v) is 9.13. The molecule has 1 N–H and O–H groups in total. The fraction of sp³-hybridized carbons (Fsp3) is 0.364. The second kappa shape index (κ2) is 9.76. The van der Waals surface area contributed by atoms with E-state index in [0.717, 1.165) is 28.1 Å². The SMILES string of the molecule is Cc1cc(C)c(NC(=O)[C@@H](C)OC(=O)CCCOc2ccccc2)c(C)c1. The van der Waals surface area contributed by atoms with Gasteiger partial charge in [0.15, 0.2) is 6.10 Å². The van der Waals surface area contributed by atoms with Crippen LogP contribution in [-0.2, 0) is 14.3 Å². The van der Waals surface area contributed by atoms with E-state index >= 15 is 0 Å². The van der Waals surface area contributed by atoms with Crippen LogP contribution < -0.4 is 10.1 Å². The quantitative estimate of drug-likeness (QED) is 0.555. The van der Waals surface area contributed by atoms with Gasteiger partial charge in [-0.25, -0.2) is 0 Å². The summed E-state index contributed by atoms with van der Waals surface area (Å²) in [7, 11) is 0. The number of carbonyl (C=O) groups excluding carboxylic acids is 2. The highest BCUT2D eigenvalue weighted by atomic mass is 16.5. The molecule has 27 heavy (non-hydrogen) atoms. The molecule has 0 heterocycles. The van der Waals surface area contributed by atoms with E-state index in [-0.39, 0.29) is 12.3 Å². The van der Waals surface area contributed by atoms with E-state index in [1.807, 2.05) is 63.2 Å². The van der Waals surface area contributed by atoms with Gasteiger partial charge in [-0.1, -0.05) is 35.9 Å². The standard InChI is InChI=1S/C22H27NO4/c1-15-13-16(2)21(17(3)14-15)23-22(25)18(4)27-20(24)11-8-12-26-19-9-6-5-7-10-19/h5-7,9-10,13-14,18H,8,11-12H2,1-4H3,(H,23,25)/t18-/m1/s1. The number of benzene rings is 2. The van der Waals surface area contributed by atoms with Crippen LogP contribution in [0.5, 0.6) is 5.75 Å². The molecule has 5 nitrogen and oxygen atoms in total. The minimum absolute atomic E-state index is 0.201. The molecule has 0 aliphatic heterocycles. The largest absolute Gasteiger partial charge is 0.494 e. The van der Waals surface area contributed by atoms with Crippen LogP contribution in [0.2, 0.25) is 0 Å². The van der Waals surface area contributed by atoms with Crippen molar-refractivity contribution in [3.8, 4) is 5.75 Å². The van der Waals surface area contributed by atoms with E-state index in [1.165, 1.54) is 0 Å². The van der Waals surface area contributed by atoms with Crippen LogP contribution in [0, 0.1) is 20.8 Å². The van der Waals surface area contributed by atoms with E-state index in [0.29, 0.717) is 13.0 Å². The van der Waals surface area contributed by atoms with Gasteiger partial charge in [-0.3, -0.25) is 9.59 Å². The third-order valence-corrected chi connectivity index (χ3v) is 4.14. The first-order chi connectivity index (χ1) is 12.9. The molecule has 0 bridgehead atoms. The average Bonchev–Trinajstić information content (AvgIpc) is 2.62. The molecule has 0 saturated carbocycles. The van der Waals surface area contributed by atoms with Gasteiger partial charge in [-0.15, -0.1) is 0 Å². The van der Waals surface area contributed by atoms with Gasteiger partial charge in [-0.2, -0.15) is 0 Å². The predicted molar refractivity (Wildman–Crippen MR) is 106 cm³/mol. The first kappa shape index (κ1) is 20.5. The number of para-hydroxylation sites is 1. The third-order valence-electron chi connectivity index (χ3n) is 4.14.